The van der Waals surface area contributed by atoms with Gasteiger partial charge >= 0.3 is 0 Å². The van der Waals surface area contributed by atoms with Gasteiger partial charge in [-0.2, -0.15) is 0 Å². The lowest BCUT2D eigenvalue weighted by atomic mass is 10.0. The number of hydrogen-bond donors (Lipinski definition) is 1. The van der Waals surface area contributed by atoms with E-state index >= 15 is 0 Å². The van der Waals surface area contributed by atoms with Gasteiger partial charge in [0.2, 0.25) is 0 Å². The topological polar surface area (TPSA) is 58.6 Å². The van der Waals surface area contributed by atoms with Crippen LogP contribution in [-0.4, -0.2) is 30.4 Å². The number of anilines is 1. The van der Waals surface area contributed by atoms with Gasteiger partial charge < -0.3 is 10.1 Å². The highest BCUT2D eigenvalue weighted by Crippen LogP contribution is 2.35. The summed E-state index contributed by atoms with van der Waals surface area (Å²) in [7, 11) is 1.56. The molecule has 5 heteroatoms. The maximum Gasteiger partial charge on any atom is 0.278 e. The number of aryl methyl sites for hydroxylation is 2. The average molecular weight is 427 g/mol. The Balaban J connectivity index is 1.73. The van der Waals surface area contributed by atoms with E-state index in [1.54, 1.807) is 13.2 Å². The Morgan fingerprint density at radius 2 is 1.50 bits per heavy atom. The molecule has 1 N–H and O–H groups in total. The van der Waals surface area contributed by atoms with Crippen molar-refractivity contribution in [3.8, 4) is 5.75 Å². The molecule has 1 aliphatic heterocycles. The fourth-order valence-electron chi connectivity index (χ4n) is 4.07. The smallest absolute Gasteiger partial charge is 0.278 e. The lowest BCUT2D eigenvalue weighted by Gasteiger charge is -2.15. The number of hydrogen-bond acceptors (Lipinski definition) is 4. The molecule has 1 aliphatic rings. The van der Waals surface area contributed by atoms with Gasteiger partial charge in [-0.3, -0.25) is 14.5 Å². The first-order valence-corrected chi connectivity index (χ1v) is 10.6. The molecular formula is C27H26N2O3. The summed E-state index contributed by atoms with van der Waals surface area (Å²) in [4.78, 5) is 28.2. The Morgan fingerprint density at radius 3 is 2.19 bits per heavy atom. The molecule has 4 rings (SSSR count). The van der Waals surface area contributed by atoms with Gasteiger partial charge in [0, 0.05) is 17.8 Å². The molecule has 3 aromatic carbocycles. The van der Waals surface area contributed by atoms with Gasteiger partial charge in [0.1, 0.15) is 11.4 Å². The van der Waals surface area contributed by atoms with Gasteiger partial charge in [-0.15, -0.1) is 0 Å². The quantitative estimate of drug-likeness (QED) is 0.554. The van der Waals surface area contributed by atoms with E-state index in [0.29, 0.717) is 29.9 Å². The minimum atomic E-state index is -0.328. The molecule has 162 valence electrons. The van der Waals surface area contributed by atoms with Crippen LogP contribution in [0.5, 0.6) is 5.75 Å². The summed E-state index contributed by atoms with van der Waals surface area (Å²) in [5, 5.41) is 3.24. The lowest BCUT2D eigenvalue weighted by molar-refractivity contribution is -0.136. The van der Waals surface area contributed by atoms with Crippen LogP contribution in [0.15, 0.2) is 78.5 Å². The zero-order valence-electron chi connectivity index (χ0n) is 18.5. The van der Waals surface area contributed by atoms with Crippen molar-refractivity contribution in [2.24, 2.45) is 0 Å². The van der Waals surface area contributed by atoms with Crippen LogP contribution in [0.25, 0.3) is 5.57 Å². The number of nitrogens with one attached hydrogen (secondary N) is 1. The Bertz CT molecular complexity index is 1180. The van der Waals surface area contributed by atoms with E-state index < -0.39 is 0 Å². The highest BCUT2D eigenvalue weighted by Gasteiger charge is 2.40. The molecule has 0 bridgehead atoms. The van der Waals surface area contributed by atoms with Crippen LogP contribution in [0.1, 0.15) is 22.3 Å². The van der Waals surface area contributed by atoms with Crippen molar-refractivity contribution in [3.05, 3.63) is 101 Å². The molecule has 3 aromatic rings. The number of amides is 2. The SMILES string of the molecule is COc1ccccc1C1=C(Nc2cc(C)cc(C)c2)C(=O)N(CCc2ccccc2)C1=O. The molecule has 0 atom stereocenters. The van der Waals surface area contributed by atoms with Crippen molar-refractivity contribution in [1.82, 2.24) is 4.90 Å². The summed E-state index contributed by atoms with van der Waals surface area (Å²) in [6.45, 7) is 4.31. The number of para-hydroxylation sites is 1. The minimum absolute atomic E-state index is 0.276. The van der Waals surface area contributed by atoms with Crippen LogP contribution in [0.2, 0.25) is 0 Å². The van der Waals surface area contributed by atoms with Gasteiger partial charge in [0.15, 0.2) is 0 Å². The van der Waals surface area contributed by atoms with E-state index in [0.717, 1.165) is 22.4 Å². The summed E-state index contributed by atoms with van der Waals surface area (Å²) in [6, 6.07) is 23.1. The molecule has 2 amide bonds. The van der Waals surface area contributed by atoms with E-state index in [4.69, 9.17) is 4.74 Å². The largest absolute Gasteiger partial charge is 0.496 e. The molecule has 0 saturated carbocycles. The Labute approximate surface area is 188 Å². The first-order valence-electron chi connectivity index (χ1n) is 10.6. The summed E-state index contributed by atoms with van der Waals surface area (Å²) >= 11 is 0. The van der Waals surface area contributed by atoms with Crippen LogP contribution in [0.3, 0.4) is 0 Å². The molecule has 0 spiro atoms. The molecule has 0 aromatic heterocycles. The maximum atomic E-state index is 13.5. The molecule has 1 heterocycles. The number of nitrogens with zero attached hydrogens (tertiary/aromatic N) is 1. The second-order valence-corrected chi connectivity index (χ2v) is 7.95. The van der Waals surface area contributed by atoms with Gasteiger partial charge in [0.25, 0.3) is 11.8 Å². The second kappa shape index (κ2) is 9.10. The predicted octanol–water partition coefficient (Wildman–Crippen LogP) is 4.75. The molecular weight excluding hydrogens is 400 g/mol. The van der Waals surface area contributed by atoms with Crippen LogP contribution in [0, 0.1) is 13.8 Å². The summed E-state index contributed by atoms with van der Waals surface area (Å²) in [6.07, 6.45) is 0.592. The third-order valence-corrected chi connectivity index (χ3v) is 5.50. The van der Waals surface area contributed by atoms with Crippen LogP contribution >= 0.6 is 0 Å². The van der Waals surface area contributed by atoms with Gasteiger partial charge in [-0.05, 0) is 55.2 Å². The molecule has 0 unspecified atom stereocenters. The Hall–Kier alpha value is -3.86. The number of imide groups is 1. The Kier molecular flexibility index (Phi) is 6.08. The van der Waals surface area contributed by atoms with Crippen LogP contribution in [-0.2, 0) is 16.0 Å². The minimum Gasteiger partial charge on any atom is -0.496 e. The predicted molar refractivity (Wildman–Crippen MR) is 126 cm³/mol. The number of carbonyl (C=O) groups is 2. The second-order valence-electron chi connectivity index (χ2n) is 7.95. The molecule has 0 fully saturated rings. The number of benzene rings is 3. The third-order valence-electron chi connectivity index (χ3n) is 5.50. The van der Waals surface area contributed by atoms with E-state index in [1.165, 1.54) is 4.90 Å². The normalized spacial score (nSPS) is 13.7. The van der Waals surface area contributed by atoms with Crippen molar-refractivity contribution in [2.75, 3.05) is 19.0 Å². The van der Waals surface area contributed by atoms with Gasteiger partial charge in [0.05, 0.1) is 12.7 Å². The van der Waals surface area contributed by atoms with Crippen LogP contribution < -0.4 is 10.1 Å². The highest BCUT2D eigenvalue weighted by atomic mass is 16.5. The molecule has 0 aliphatic carbocycles. The molecule has 5 nitrogen and oxygen atoms in total. The first kappa shape index (κ1) is 21.4. The van der Waals surface area contributed by atoms with E-state index in [1.807, 2.05) is 74.5 Å². The number of methoxy groups -OCH3 is 1. The molecule has 0 saturated heterocycles. The number of ether oxygens (including phenoxy) is 1. The van der Waals surface area contributed by atoms with Gasteiger partial charge in [-0.1, -0.05) is 54.6 Å². The number of rotatable bonds is 7. The number of carbonyl (C=O) groups excluding carboxylic acids is 2. The maximum absolute atomic E-state index is 13.5. The van der Waals surface area contributed by atoms with E-state index in [9.17, 15) is 9.59 Å². The van der Waals surface area contributed by atoms with Crippen molar-refractivity contribution in [3.63, 3.8) is 0 Å². The zero-order chi connectivity index (χ0) is 22.7. The van der Waals surface area contributed by atoms with Crippen molar-refractivity contribution >= 4 is 23.1 Å². The van der Waals surface area contributed by atoms with Crippen molar-refractivity contribution in [1.29, 1.82) is 0 Å². The Morgan fingerprint density at radius 1 is 0.844 bits per heavy atom. The lowest BCUT2D eigenvalue weighted by Crippen LogP contribution is -2.34. The fraction of sp³-hybridized carbons (Fsp3) is 0.185. The standard InChI is InChI=1S/C27H26N2O3/c1-18-15-19(2)17-21(16-18)28-25-24(22-11-7-8-12-23(22)32-3)26(30)29(27(25)31)14-13-20-9-5-4-6-10-20/h4-12,15-17,28H,13-14H2,1-3H3. The van der Waals surface area contributed by atoms with E-state index in [-0.39, 0.29) is 17.5 Å². The fourth-order valence-corrected chi connectivity index (χ4v) is 4.07. The summed E-state index contributed by atoms with van der Waals surface area (Å²) < 4.78 is 5.50. The van der Waals surface area contributed by atoms with Crippen molar-refractivity contribution in [2.45, 2.75) is 20.3 Å². The van der Waals surface area contributed by atoms with Crippen molar-refractivity contribution < 1.29 is 14.3 Å². The van der Waals surface area contributed by atoms with E-state index in [2.05, 4.69) is 11.4 Å². The monoisotopic (exact) mass is 426 g/mol. The third kappa shape index (κ3) is 4.28. The summed E-state index contributed by atoms with van der Waals surface area (Å²) in [5.41, 5.74) is 5.20. The molecule has 32 heavy (non-hydrogen) atoms. The van der Waals surface area contributed by atoms with Gasteiger partial charge in [-0.25, -0.2) is 0 Å². The highest BCUT2D eigenvalue weighted by molar-refractivity contribution is 6.37. The average Bonchev–Trinajstić information content (AvgIpc) is 3.01. The van der Waals surface area contributed by atoms with Crippen LogP contribution in [0.4, 0.5) is 5.69 Å². The molecule has 0 radical (unpaired) electrons. The zero-order valence-corrected chi connectivity index (χ0v) is 18.5. The first-order chi connectivity index (χ1) is 15.5. The summed E-state index contributed by atoms with van der Waals surface area (Å²) in [5.74, 6) is -0.0958.